The summed E-state index contributed by atoms with van der Waals surface area (Å²) < 4.78 is 2.20. The number of aromatic amines is 1. The standard InChI is InChI=1S/C21H24N4O/c1-16-8-10-17(11-9-16)20(26)23-21-22-18-6-2-3-7-19(18)25(21)15-14-24-12-4-5-13-24/h2-3,6-11H,4-5,12-15H2,1H3,(H,22,23,26)/p+2. The first kappa shape index (κ1) is 16.8. The zero-order valence-electron chi connectivity index (χ0n) is 15.2. The normalized spacial score (nSPS) is 14.8. The van der Waals surface area contributed by atoms with Crippen molar-refractivity contribution in [1.29, 1.82) is 0 Å². The number of nitrogens with zero attached hydrogens (tertiary/aromatic N) is 1. The Morgan fingerprint density at radius 1 is 1.12 bits per heavy atom. The van der Waals surface area contributed by atoms with Gasteiger partial charge in [-0.1, -0.05) is 29.8 Å². The van der Waals surface area contributed by atoms with Crippen molar-refractivity contribution in [1.82, 2.24) is 4.98 Å². The number of likely N-dealkylation sites (tertiary alicyclic amines) is 1. The van der Waals surface area contributed by atoms with E-state index in [1.165, 1.54) is 25.9 Å². The molecule has 1 saturated heterocycles. The first-order chi connectivity index (χ1) is 12.7. The number of benzene rings is 2. The van der Waals surface area contributed by atoms with Gasteiger partial charge in [0.2, 0.25) is 0 Å². The molecule has 1 aliphatic rings. The SMILES string of the molecule is Cc1ccc(C(=O)Nc2[nH]c3ccccc3[n+]2CC[NH+]2CCCC2)cc1. The first-order valence-corrected chi connectivity index (χ1v) is 9.43. The number of carbonyl (C=O) groups excluding carboxylic acids is 1. The third-order valence-corrected chi connectivity index (χ3v) is 5.26. The number of anilines is 1. The number of nitrogens with one attached hydrogen (secondary N) is 3. The van der Waals surface area contributed by atoms with Gasteiger partial charge in [0.1, 0.15) is 24.1 Å². The highest BCUT2D eigenvalue weighted by Crippen LogP contribution is 2.13. The second kappa shape index (κ2) is 7.30. The molecular formula is C21H26N4O+2. The van der Waals surface area contributed by atoms with Crippen molar-refractivity contribution in [3.63, 3.8) is 0 Å². The minimum atomic E-state index is -0.0844. The lowest BCUT2D eigenvalue weighted by Gasteiger charge is -2.11. The molecule has 3 aromatic rings. The van der Waals surface area contributed by atoms with Gasteiger partial charge >= 0.3 is 11.9 Å². The second-order valence-electron chi connectivity index (χ2n) is 7.17. The number of rotatable bonds is 5. The Kier molecular flexibility index (Phi) is 4.71. The molecule has 4 rings (SSSR count). The van der Waals surface area contributed by atoms with Crippen LogP contribution in [0, 0.1) is 6.92 Å². The van der Waals surface area contributed by atoms with Crippen molar-refractivity contribution < 1.29 is 14.3 Å². The van der Waals surface area contributed by atoms with Gasteiger partial charge in [-0.25, -0.2) is 14.9 Å². The molecule has 0 unspecified atom stereocenters. The summed E-state index contributed by atoms with van der Waals surface area (Å²) in [7, 11) is 0. The molecule has 0 atom stereocenters. The van der Waals surface area contributed by atoms with Crippen molar-refractivity contribution >= 4 is 22.9 Å². The fraction of sp³-hybridized carbons (Fsp3) is 0.333. The molecule has 5 heteroatoms. The van der Waals surface area contributed by atoms with E-state index in [1.807, 2.05) is 43.3 Å². The Hall–Kier alpha value is -2.66. The molecule has 0 bridgehead atoms. The van der Waals surface area contributed by atoms with Gasteiger partial charge in [0, 0.05) is 12.8 Å². The predicted molar refractivity (Wildman–Crippen MR) is 102 cm³/mol. The van der Waals surface area contributed by atoms with Crippen molar-refractivity contribution in [2.45, 2.75) is 26.3 Å². The number of quaternary nitrogens is 1. The Morgan fingerprint density at radius 3 is 2.62 bits per heavy atom. The van der Waals surface area contributed by atoms with Crippen molar-refractivity contribution in [2.24, 2.45) is 0 Å². The average molecular weight is 350 g/mol. The molecule has 1 amide bonds. The molecule has 1 aromatic heterocycles. The summed E-state index contributed by atoms with van der Waals surface area (Å²) in [6.07, 6.45) is 2.65. The highest BCUT2D eigenvalue weighted by Gasteiger charge is 2.23. The van der Waals surface area contributed by atoms with E-state index in [-0.39, 0.29) is 5.91 Å². The summed E-state index contributed by atoms with van der Waals surface area (Å²) in [4.78, 5) is 17.7. The van der Waals surface area contributed by atoms with E-state index in [0.29, 0.717) is 5.56 Å². The van der Waals surface area contributed by atoms with Gasteiger partial charge in [0.25, 0.3) is 0 Å². The average Bonchev–Trinajstić information content (AvgIpc) is 3.28. The summed E-state index contributed by atoms with van der Waals surface area (Å²) in [5.41, 5.74) is 4.00. The van der Waals surface area contributed by atoms with Crippen LogP contribution in [-0.2, 0) is 6.54 Å². The number of imidazole rings is 1. The predicted octanol–water partition coefficient (Wildman–Crippen LogP) is 1.69. The number of amides is 1. The van der Waals surface area contributed by atoms with Crippen LogP contribution in [0.1, 0.15) is 28.8 Å². The van der Waals surface area contributed by atoms with Gasteiger partial charge in [0.15, 0.2) is 0 Å². The summed E-state index contributed by atoms with van der Waals surface area (Å²) in [6, 6.07) is 15.9. The van der Waals surface area contributed by atoms with Crippen molar-refractivity contribution in [3.05, 3.63) is 59.7 Å². The monoisotopic (exact) mass is 350 g/mol. The van der Waals surface area contributed by atoms with Crippen LogP contribution < -0.4 is 14.8 Å². The van der Waals surface area contributed by atoms with E-state index in [1.54, 1.807) is 4.90 Å². The molecule has 1 aliphatic heterocycles. The molecule has 0 saturated carbocycles. The number of fused-ring (bicyclic) bond motifs is 1. The number of hydrogen-bond acceptors (Lipinski definition) is 1. The first-order valence-electron chi connectivity index (χ1n) is 9.43. The number of H-pyrrole nitrogens is 1. The van der Waals surface area contributed by atoms with E-state index in [4.69, 9.17) is 0 Å². The Morgan fingerprint density at radius 2 is 1.85 bits per heavy atom. The fourth-order valence-corrected chi connectivity index (χ4v) is 3.74. The smallest absolute Gasteiger partial charge is 0.332 e. The third kappa shape index (κ3) is 3.48. The highest BCUT2D eigenvalue weighted by atomic mass is 16.1. The maximum atomic E-state index is 12.7. The summed E-state index contributed by atoms with van der Waals surface area (Å²) in [6.45, 7) is 6.51. The van der Waals surface area contributed by atoms with Crippen LogP contribution in [0.25, 0.3) is 11.0 Å². The second-order valence-corrected chi connectivity index (χ2v) is 7.17. The lowest BCUT2D eigenvalue weighted by molar-refractivity contribution is -0.905. The van der Waals surface area contributed by atoms with Gasteiger partial charge in [-0.05, 0) is 31.2 Å². The van der Waals surface area contributed by atoms with Crippen LogP contribution in [-0.4, -0.2) is 30.5 Å². The van der Waals surface area contributed by atoms with Gasteiger partial charge in [0.05, 0.1) is 18.7 Å². The molecule has 0 aliphatic carbocycles. The molecule has 134 valence electrons. The zero-order chi connectivity index (χ0) is 17.9. The van der Waals surface area contributed by atoms with E-state index >= 15 is 0 Å². The number of hydrogen-bond donors (Lipinski definition) is 3. The van der Waals surface area contributed by atoms with Crippen LogP contribution >= 0.6 is 0 Å². The van der Waals surface area contributed by atoms with E-state index in [0.717, 1.165) is 35.6 Å². The highest BCUT2D eigenvalue weighted by molar-refractivity contribution is 6.03. The van der Waals surface area contributed by atoms with Crippen LogP contribution in [0.15, 0.2) is 48.5 Å². The summed E-state index contributed by atoms with van der Waals surface area (Å²) >= 11 is 0. The topological polar surface area (TPSA) is 53.2 Å². The quantitative estimate of drug-likeness (QED) is 0.603. The number of carbonyl (C=O) groups is 1. The number of para-hydroxylation sites is 2. The van der Waals surface area contributed by atoms with Crippen LogP contribution in [0.2, 0.25) is 0 Å². The van der Waals surface area contributed by atoms with Crippen LogP contribution in [0.3, 0.4) is 0 Å². The Balaban J connectivity index is 1.59. The van der Waals surface area contributed by atoms with Gasteiger partial charge in [-0.2, -0.15) is 0 Å². The van der Waals surface area contributed by atoms with Crippen LogP contribution in [0.5, 0.6) is 0 Å². The number of aromatic nitrogens is 2. The molecule has 2 heterocycles. The van der Waals surface area contributed by atoms with E-state index in [2.05, 4.69) is 27.0 Å². The molecule has 26 heavy (non-hydrogen) atoms. The molecular weight excluding hydrogens is 324 g/mol. The molecule has 3 N–H and O–H groups in total. The minimum absolute atomic E-state index is 0.0844. The Bertz CT molecular complexity index is 907. The van der Waals surface area contributed by atoms with Gasteiger partial charge in [-0.15, -0.1) is 0 Å². The fourth-order valence-electron chi connectivity index (χ4n) is 3.74. The molecule has 2 aromatic carbocycles. The molecule has 1 fully saturated rings. The largest absolute Gasteiger partial charge is 0.363 e. The lowest BCUT2D eigenvalue weighted by atomic mass is 10.1. The maximum absolute atomic E-state index is 12.7. The Labute approximate surface area is 153 Å². The molecule has 0 spiro atoms. The molecule has 5 nitrogen and oxygen atoms in total. The van der Waals surface area contributed by atoms with E-state index < -0.39 is 0 Å². The maximum Gasteiger partial charge on any atom is 0.363 e. The van der Waals surface area contributed by atoms with E-state index in [9.17, 15) is 4.79 Å². The van der Waals surface area contributed by atoms with Crippen molar-refractivity contribution in [3.8, 4) is 0 Å². The van der Waals surface area contributed by atoms with Gasteiger partial charge < -0.3 is 4.90 Å². The lowest BCUT2D eigenvalue weighted by Crippen LogP contribution is -3.10. The molecule has 0 radical (unpaired) electrons. The van der Waals surface area contributed by atoms with Crippen LogP contribution in [0.4, 0.5) is 5.95 Å². The summed E-state index contributed by atoms with van der Waals surface area (Å²) in [5.74, 6) is 0.675. The summed E-state index contributed by atoms with van der Waals surface area (Å²) in [5, 5.41) is 3.07. The minimum Gasteiger partial charge on any atom is -0.332 e. The number of aryl methyl sites for hydroxylation is 1. The zero-order valence-corrected chi connectivity index (χ0v) is 15.2. The third-order valence-electron chi connectivity index (χ3n) is 5.26. The van der Waals surface area contributed by atoms with Gasteiger partial charge in [-0.3, -0.25) is 4.79 Å². The van der Waals surface area contributed by atoms with Crippen molar-refractivity contribution in [2.75, 3.05) is 25.0 Å².